The predicted octanol–water partition coefficient (Wildman–Crippen LogP) is 6.59. The SMILES string of the molecule is CC[C@@H](C(=O)NC1CCCCC1)N(Cc1ccc(Cl)c(Cl)c1)C(=O)COc1ccc(Cl)c(C)c1. The molecular formula is C26H31Cl3N2O3. The van der Waals surface area contributed by atoms with Crippen LogP contribution < -0.4 is 10.1 Å². The van der Waals surface area contributed by atoms with Gasteiger partial charge in [0.2, 0.25) is 5.91 Å². The Morgan fingerprint density at radius 1 is 1.03 bits per heavy atom. The van der Waals surface area contributed by atoms with Crippen LogP contribution >= 0.6 is 34.8 Å². The van der Waals surface area contributed by atoms with E-state index in [9.17, 15) is 9.59 Å². The van der Waals surface area contributed by atoms with Gasteiger partial charge < -0.3 is 15.0 Å². The molecule has 2 aromatic carbocycles. The zero-order valence-electron chi connectivity index (χ0n) is 19.6. The topological polar surface area (TPSA) is 58.6 Å². The van der Waals surface area contributed by atoms with Crippen LogP contribution in [-0.2, 0) is 16.1 Å². The summed E-state index contributed by atoms with van der Waals surface area (Å²) >= 11 is 18.4. The minimum atomic E-state index is -0.626. The summed E-state index contributed by atoms with van der Waals surface area (Å²) in [6.45, 7) is 3.80. The van der Waals surface area contributed by atoms with Crippen LogP contribution in [0.4, 0.5) is 0 Å². The third-order valence-corrected chi connectivity index (χ3v) is 7.33. The molecule has 5 nitrogen and oxygen atoms in total. The summed E-state index contributed by atoms with van der Waals surface area (Å²) in [5.74, 6) is 0.124. The van der Waals surface area contributed by atoms with Gasteiger partial charge in [-0.05, 0) is 67.6 Å². The van der Waals surface area contributed by atoms with Gasteiger partial charge in [0.25, 0.3) is 5.91 Å². The van der Waals surface area contributed by atoms with Crippen LogP contribution in [0.5, 0.6) is 5.75 Å². The predicted molar refractivity (Wildman–Crippen MR) is 138 cm³/mol. The molecule has 1 fully saturated rings. The fourth-order valence-electron chi connectivity index (χ4n) is 4.23. The number of hydrogen-bond donors (Lipinski definition) is 1. The summed E-state index contributed by atoms with van der Waals surface area (Å²) in [6, 6.07) is 9.99. The number of carbonyl (C=O) groups is 2. The first kappa shape index (κ1) is 26.7. The van der Waals surface area contributed by atoms with Crippen LogP contribution in [0, 0.1) is 6.92 Å². The molecule has 0 spiro atoms. The van der Waals surface area contributed by atoms with Gasteiger partial charge in [0.15, 0.2) is 6.61 Å². The number of nitrogens with zero attached hydrogens (tertiary/aromatic N) is 1. The Balaban J connectivity index is 1.78. The third kappa shape index (κ3) is 7.27. The summed E-state index contributed by atoms with van der Waals surface area (Å²) in [5.41, 5.74) is 1.64. The number of benzene rings is 2. The second kappa shape index (κ2) is 12.7. The van der Waals surface area contributed by atoms with Crippen molar-refractivity contribution in [2.75, 3.05) is 6.61 Å². The molecule has 2 aromatic rings. The van der Waals surface area contributed by atoms with E-state index in [1.54, 1.807) is 35.2 Å². The minimum Gasteiger partial charge on any atom is -0.484 e. The number of aryl methyl sites for hydroxylation is 1. The molecule has 34 heavy (non-hydrogen) atoms. The molecule has 1 aliphatic rings. The molecule has 0 unspecified atom stereocenters. The molecule has 2 amide bonds. The summed E-state index contributed by atoms with van der Waals surface area (Å²) < 4.78 is 5.76. The number of hydrogen-bond acceptors (Lipinski definition) is 3. The standard InChI is InChI=1S/C26H31Cl3N2O3/c1-3-24(26(33)30-19-7-5-4-6-8-19)31(15-18-9-11-22(28)23(29)14-18)25(32)16-34-20-10-12-21(27)17(2)13-20/h9-14,19,24H,3-8,15-16H2,1-2H3,(H,30,33)/t24-/m0/s1. The van der Waals surface area contributed by atoms with Crippen molar-refractivity contribution in [1.29, 1.82) is 0 Å². The Bertz CT molecular complexity index is 1010. The lowest BCUT2D eigenvalue weighted by Gasteiger charge is -2.32. The van der Waals surface area contributed by atoms with Gasteiger partial charge in [0.1, 0.15) is 11.8 Å². The van der Waals surface area contributed by atoms with Crippen LogP contribution in [0.2, 0.25) is 15.1 Å². The number of rotatable bonds is 9. The maximum atomic E-state index is 13.4. The van der Waals surface area contributed by atoms with Crippen molar-refractivity contribution >= 4 is 46.6 Å². The maximum Gasteiger partial charge on any atom is 0.261 e. The minimum absolute atomic E-state index is 0.134. The van der Waals surface area contributed by atoms with Crippen LogP contribution in [0.25, 0.3) is 0 Å². The lowest BCUT2D eigenvalue weighted by Crippen LogP contribution is -2.52. The fourth-order valence-corrected chi connectivity index (χ4v) is 4.67. The third-order valence-electron chi connectivity index (χ3n) is 6.17. The lowest BCUT2D eigenvalue weighted by atomic mass is 9.95. The van der Waals surface area contributed by atoms with Crippen molar-refractivity contribution in [3.05, 3.63) is 62.6 Å². The number of ether oxygens (including phenoxy) is 1. The van der Waals surface area contributed by atoms with E-state index >= 15 is 0 Å². The molecule has 0 aliphatic heterocycles. The highest BCUT2D eigenvalue weighted by Gasteiger charge is 2.30. The average Bonchev–Trinajstić information content (AvgIpc) is 2.82. The number of amides is 2. The summed E-state index contributed by atoms with van der Waals surface area (Å²) in [6.07, 6.45) is 5.85. The molecule has 1 saturated carbocycles. The molecular weight excluding hydrogens is 495 g/mol. The van der Waals surface area contributed by atoms with Crippen molar-refractivity contribution in [3.63, 3.8) is 0 Å². The van der Waals surface area contributed by atoms with Gasteiger partial charge in [0, 0.05) is 17.6 Å². The van der Waals surface area contributed by atoms with Crippen molar-refractivity contribution in [2.45, 2.75) is 71.0 Å². The van der Waals surface area contributed by atoms with E-state index < -0.39 is 6.04 Å². The largest absolute Gasteiger partial charge is 0.484 e. The molecule has 0 radical (unpaired) electrons. The molecule has 1 atom stereocenters. The van der Waals surface area contributed by atoms with E-state index in [2.05, 4.69) is 5.32 Å². The fraction of sp³-hybridized carbons (Fsp3) is 0.462. The number of nitrogens with one attached hydrogen (secondary N) is 1. The van der Waals surface area contributed by atoms with E-state index in [-0.39, 0.29) is 31.0 Å². The van der Waals surface area contributed by atoms with Gasteiger partial charge in [-0.25, -0.2) is 0 Å². The highest BCUT2D eigenvalue weighted by atomic mass is 35.5. The van der Waals surface area contributed by atoms with E-state index in [0.717, 1.165) is 36.8 Å². The summed E-state index contributed by atoms with van der Waals surface area (Å²) in [7, 11) is 0. The van der Waals surface area contributed by atoms with Crippen molar-refractivity contribution < 1.29 is 14.3 Å². The van der Waals surface area contributed by atoms with Crippen molar-refractivity contribution in [1.82, 2.24) is 10.2 Å². The van der Waals surface area contributed by atoms with E-state index in [1.807, 2.05) is 19.9 Å². The highest BCUT2D eigenvalue weighted by Crippen LogP contribution is 2.25. The first-order valence-electron chi connectivity index (χ1n) is 11.7. The second-order valence-corrected chi connectivity index (χ2v) is 9.96. The molecule has 184 valence electrons. The normalized spacial score (nSPS) is 15.0. The van der Waals surface area contributed by atoms with Crippen LogP contribution in [-0.4, -0.2) is 35.4 Å². The molecule has 8 heteroatoms. The number of carbonyl (C=O) groups excluding carboxylic acids is 2. The molecule has 1 aliphatic carbocycles. The molecule has 0 saturated heterocycles. The molecule has 0 bridgehead atoms. The Morgan fingerprint density at radius 2 is 1.74 bits per heavy atom. The Kier molecular flexibility index (Phi) is 9.93. The molecule has 1 N–H and O–H groups in total. The Morgan fingerprint density at radius 3 is 2.38 bits per heavy atom. The Hall–Kier alpha value is -1.95. The van der Waals surface area contributed by atoms with Crippen molar-refractivity contribution in [3.8, 4) is 5.75 Å². The van der Waals surface area contributed by atoms with Crippen LogP contribution in [0.3, 0.4) is 0 Å². The van der Waals surface area contributed by atoms with Crippen molar-refractivity contribution in [2.24, 2.45) is 0 Å². The van der Waals surface area contributed by atoms with E-state index in [0.29, 0.717) is 27.2 Å². The first-order valence-corrected chi connectivity index (χ1v) is 12.8. The second-order valence-electron chi connectivity index (χ2n) is 8.74. The van der Waals surface area contributed by atoms with Gasteiger partial charge in [-0.15, -0.1) is 0 Å². The van der Waals surface area contributed by atoms with Gasteiger partial charge >= 0.3 is 0 Å². The maximum absolute atomic E-state index is 13.4. The zero-order valence-corrected chi connectivity index (χ0v) is 21.8. The molecule has 3 rings (SSSR count). The number of halogens is 3. The van der Waals surface area contributed by atoms with Gasteiger partial charge in [0.05, 0.1) is 10.0 Å². The first-order chi connectivity index (χ1) is 16.3. The quantitative estimate of drug-likeness (QED) is 0.402. The van der Waals surface area contributed by atoms with E-state index in [1.165, 1.54) is 6.42 Å². The smallest absolute Gasteiger partial charge is 0.261 e. The highest BCUT2D eigenvalue weighted by molar-refractivity contribution is 6.42. The lowest BCUT2D eigenvalue weighted by molar-refractivity contribution is -0.143. The Labute approximate surface area is 216 Å². The van der Waals surface area contributed by atoms with Crippen LogP contribution in [0.1, 0.15) is 56.6 Å². The average molecular weight is 526 g/mol. The summed E-state index contributed by atoms with van der Waals surface area (Å²) in [4.78, 5) is 28.2. The molecule has 0 aromatic heterocycles. The van der Waals surface area contributed by atoms with Crippen LogP contribution in [0.15, 0.2) is 36.4 Å². The van der Waals surface area contributed by atoms with Gasteiger partial charge in [-0.2, -0.15) is 0 Å². The van der Waals surface area contributed by atoms with Gasteiger partial charge in [-0.3, -0.25) is 9.59 Å². The van der Waals surface area contributed by atoms with E-state index in [4.69, 9.17) is 39.5 Å². The van der Waals surface area contributed by atoms with Gasteiger partial charge in [-0.1, -0.05) is 67.1 Å². The zero-order chi connectivity index (χ0) is 24.7. The summed E-state index contributed by atoms with van der Waals surface area (Å²) in [5, 5.41) is 4.63. The monoisotopic (exact) mass is 524 g/mol. The molecule has 0 heterocycles.